The number of rotatable bonds is 10. The second-order valence-electron chi connectivity index (χ2n) is 10.5. The second-order valence-corrected chi connectivity index (χ2v) is 10.5. The van der Waals surface area contributed by atoms with Gasteiger partial charge in [0.05, 0.1) is 29.7 Å². The standard InChI is InChI=1S/C33H37N3O3/c1-24(35(23-22-26-10-4-3-5-11-26)31(37)21-16-25-12-6-7-13-25)32-34-30-15-9-8-14-29(30)33(38)36(32)27-17-19-28(39-2)20-18-27/h3-5,8-11,14-15,17-20,24-25H,6-7,12-13,16,21-23H2,1-2H3. The zero-order valence-electron chi connectivity index (χ0n) is 22.9. The van der Waals surface area contributed by atoms with Crippen LogP contribution in [0.15, 0.2) is 83.7 Å². The van der Waals surface area contributed by atoms with E-state index in [1.54, 1.807) is 17.7 Å². The van der Waals surface area contributed by atoms with Crippen molar-refractivity contribution in [1.29, 1.82) is 0 Å². The molecule has 0 spiro atoms. The van der Waals surface area contributed by atoms with Crippen molar-refractivity contribution in [3.63, 3.8) is 0 Å². The summed E-state index contributed by atoms with van der Waals surface area (Å²) in [5.74, 6) is 2.03. The number of benzene rings is 3. The van der Waals surface area contributed by atoms with E-state index < -0.39 is 6.04 Å². The number of fused-ring (bicyclic) bond motifs is 1. The van der Waals surface area contributed by atoms with E-state index in [1.165, 1.54) is 31.2 Å². The number of amides is 1. The molecule has 0 aliphatic heterocycles. The van der Waals surface area contributed by atoms with Gasteiger partial charge in [0.15, 0.2) is 0 Å². The van der Waals surface area contributed by atoms with Gasteiger partial charge in [0.25, 0.3) is 5.56 Å². The lowest BCUT2D eigenvalue weighted by Crippen LogP contribution is -2.38. The molecule has 1 atom stereocenters. The first kappa shape index (κ1) is 26.7. The van der Waals surface area contributed by atoms with Crippen LogP contribution in [0.25, 0.3) is 16.6 Å². The third-order valence-corrected chi connectivity index (χ3v) is 8.02. The van der Waals surface area contributed by atoms with E-state index in [4.69, 9.17) is 9.72 Å². The highest BCUT2D eigenvalue weighted by Crippen LogP contribution is 2.30. The van der Waals surface area contributed by atoms with Crippen molar-refractivity contribution in [1.82, 2.24) is 14.5 Å². The molecule has 1 heterocycles. The lowest BCUT2D eigenvalue weighted by Gasteiger charge is -2.31. The molecule has 1 amide bonds. The fourth-order valence-electron chi connectivity index (χ4n) is 5.75. The van der Waals surface area contributed by atoms with E-state index in [0.29, 0.717) is 47.0 Å². The maximum atomic E-state index is 13.9. The Morgan fingerprint density at radius 3 is 2.41 bits per heavy atom. The van der Waals surface area contributed by atoms with Gasteiger partial charge in [-0.3, -0.25) is 14.2 Å². The molecule has 1 aliphatic rings. The fraction of sp³-hybridized carbons (Fsp3) is 0.364. The Balaban J connectivity index is 1.54. The Morgan fingerprint density at radius 2 is 1.69 bits per heavy atom. The normalized spacial score (nSPS) is 14.4. The summed E-state index contributed by atoms with van der Waals surface area (Å²) in [5.41, 5.74) is 2.36. The van der Waals surface area contributed by atoms with Crippen LogP contribution in [-0.4, -0.2) is 34.0 Å². The molecular formula is C33H37N3O3. The quantitative estimate of drug-likeness (QED) is 0.238. The molecule has 0 bridgehead atoms. The smallest absolute Gasteiger partial charge is 0.266 e. The minimum atomic E-state index is -0.399. The third-order valence-electron chi connectivity index (χ3n) is 8.02. The first-order valence-corrected chi connectivity index (χ1v) is 14.0. The first-order chi connectivity index (χ1) is 19.0. The zero-order chi connectivity index (χ0) is 27.2. The highest BCUT2D eigenvalue weighted by atomic mass is 16.5. The highest BCUT2D eigenvalue weighted by Gasteiger charge is 2.27. The van der Waals surface area contributed by atoms with E-state index in [2.05, 4.69) is 12.1 Å². The molecule has 1 unspecified atom stereocenters. The summed E-state index contributed by atoms with van der Waals surface area (Å²) < 4.78 is 7.00. The Bertz CT molecular complexity index is 1460. The Morgan fingerprint density at radius 1 is 1.00 bits per heavy atom. The fourth-order valence-corrected chi connectivity index (χ4v) is 5.75. The van der Waals surface area contributed by atoms with E-state index in [-0.39, 0.29) is 11.5 Å². The van der Waals surface area contributed by atoms with E-state index in [0.717, 1.165) is 12.8 Å². The molecule has 0 radical (unpaired) electrons. The number of para-hydroxylation sites is 1. The van der Waals surface area contributed by atoms with Gasteiger partial charge in [-0.1, -0.05) is 68.1 Å². The predicted octanol–water partition coefficient (Wildman–Crippen LogP) is 6.50. The zero-order valence-corrected chi connectivity index (χ0v) is 22.9. The molecule has 3 aromatic carbocycles. The summed E-state index contributed by atoms with van der Waals surface area (Å²) in [6, 6.07) is 24.7. The van der Waals surface area contributed by atoms with E-state index in [9.17, 15) is 9.59 Å². The molecule has 6 heteroatoms. The van der Waals surface area contributed by atoms with Crippen molar-refractivity contribution in [2.24, 2.45) is 5.92 Å². The van der Waals surface area contributed by atoms with Gasteiger partial charge in [-0.15, -0.1) is 0 Å². The Hall–Kier alpha value is -3.93. The first-order valence-electron chi connectivity index (χ1n) is 14.0. The van der Waals surface area contributed by atoms with Crippen LogP contribution in [0.1, 0.15) is 62.9 Å². The Kier molecular flexibility index (Phi) is 8.40. The number of hydrogen-bond acceptors (Lipinski definition) is 4. The van der Waals surface area contributed by atoms with Gasteiger partial charge in [0.1, 0.15) is 11.6 Å². The molecule has 1 aromatic heterocycles. The molecule has 0 N–H and O–H groups in total. The monoisotopic (exact) mass is 523 g/mol. The highest BCUT2D eigenvalue weighted by molar-refractivity contribution is 5.79. The van der Waals surface area contributed by atoms with Crippen molar-refractivity contribution >= 4 is 16.8 Å². The number of carbonyl (C=O) groups excluding carboxylic acids is 1. The van der Waals surface area contributed by atoms with E-state index >= 15 is 0 Å². The molecule has 5 rings (SSSR count). The maximum absolute atomic E-state index is 13.9. The van der Waals surface area contributed by atoms with Crippen molar-refractivity contribution in [2.45, 2.75) is 57.9 Å². The van der Waals surface area contributed by atoms with Crippen LogP contribution in [0.3, 0.4) is 0 Å². The van der Waals surface area contributed by atoms with Crippen molar-refractivity contribution in [2.75, 3.05) is 13.7 Å². The molecule has 1 aliphatic carbocycles. The molecule has 6 nitrogen and oxygen atoms in total. The average molecular weight is 524 g/mol. The third kappa shape index (κ3) is 6.06. The van der Waals surface area contributed by atoms with Gasteiger partial charge >= 0.3 is 0 Å². The van der Waals surface area contributed by atoms with Gasteiger partial charge in [-0.25, -0.2) is 4.98 Å². The van der Waals surface area contributed by atoms with Gasteiger partial charge in [0, 0.05) is 13.0 Å². The summed E-state index contributed by atoms with van der Waals surface area (Å²) in [6.45, 7) is 2.55. The number of nitrogens with zero attached hydrogens (tertiary/aromatic N) is 3. The maximum Gasteiger partial charge on any atom is 0.266 e. The van der Waals surface area contributed by atoms with Gasteiger partial charge in [-0.05, 0) is 67.6 Å². The number of hydrogen-bond donors (Lipinski definition) is 0. The lowest BCUT2D eigenvalue weighted by molar-refractivity contribution is -0.133. The largest absolute Gasteiger partial charge is 0.497 e. The van der Waals surface area contributed by atoms with E-state index in [1.807, 2.05) is 72.5 Å². The SMILES string of the molecule is COc1ccc(-n2c(C(C)N(CCc3ccccc3)C(=O)CCC3CCCC3)nc3ccccc3c2=O)cc1. The average Bonchev–Trinajstić information content (AvgIpc) is 3.50. The Labute approximate surface area is 230 Å². The topological polar surface area (TPSA) is 64.4 Å². The predicted molar refractivity (Wildman–Crippen MR) is 155 cm³/mol. The summed E-state index contributed by atoms with van der Waals surface area (Å²) in [4.78, 5) is 34.6. The minimum Gasteiger partial charge on any atom is -0.497 e. The summed E-state index contributed by atoms with van der Waals surface area (Å²) in [6.07, 6.45) is 7.14. The van der Waals surface area contributed by atoms with Crippen molar-refractivity contribution in [3.8, 4) is 11.4 Å². The van der Waals surface area contributed by atoms with Crippen LogP contribution in [0, 0.1) is 5.92 Å². The van der Waals surface area contributed by atoms with Crippen molar-refractivity contribution < 1.29 is 9.53 Å². The molecule has 1 saturated carbocycles. The van der Waals surface area contributed by atoms with Crippen LogP contribution in [0.2, 0.25) is 0 Å². The molecule has 0 saturated heterocycles. The molecular weight excluding hydrogens is 486 g/mol. The summed E-state index contributed by atoms with van der Waals surface area (Å²) >= 11 is 0. The molecule has 1 fully saturated rings. The molecule has 4 aromatic rings. The van der Waals surface area contributed by atoms with Crippen LogP contribution >= 0.6 is 0 Å². The summed E-state index contributed by atoms with van der Waals surface area (Å²) in [5, 5.41) is 0.549. The number of methoxy groups -OCH3 is 1. The summed E-state index contributed by atoms with van der Waals surface area (Å²) in [7, 11) is 1.62. The number of aromatic nitrogens is 2. The number of carbonyl (C=O) groups is 1. The van der Waals surface area contributed by atoms with Crippen molar-refractivity contribution in [3.05, 3.63) is 101 Å². The van der Waals surface area contributed by atoms with Gasteiger partial charge in [-0.2, -0.15) is 0 Å². The van der Waals surface area contributed by atoms with Crippen LogP contribution in [0.4, 0.5) is 0 Å². The molecule has 39 heavy (non-hydrogen) atoms. The van der Waals surface area contributed by atoms with Gasteiger partial charge < -0.3 is 9.64 Å². The van der Waals surface area contributed by atoms with Crippen LogP contribution in [-0.2, 0) is 11.2 Å². The second kappa shape index (κ2) is 12.3. The number of ether oxygens (including phenoxy) is 1. The van der Waals surface area contributed by atoms with Crippen LogP contribution < -0.4 is 10.3 Å². The molecule has 202 valence electrons. The van der Waals surface area contributed by atoms with Gasteiger partial charge in [0.2, 0.25) is 5.91 Å². The van der Waals surface area contributed by atoms with Crippen LogP contribution in [0.5, 0.6) is 5.75 Å². The lowest BCUT2D eigenvalue weighted by atomic mass is 10.0. The minimum absolute atomic E-state index is 0.119.